The lowest BCUT2D eigenvalue weighted by Gasteiger charge is -2.02. The Balaban J connectivity index is 2.76. The van der Waals surface area contributed by atoms with Crippen molar-refractivity contribution in [3.8, 4) is 11.8 Å². The molecule has 6 heteroatoms. The van der Waals surface area contributed by atoms with Crippen molar-refractivity contribution >= 4 is 23.0 Å². The number of hydrogen-bond acceptors (Lipinski definition) is 2. The van der Waals surface area contributed by atoms with Crippen molar-refractivity contribution in [2.45, 2.75) is 0 Å². The maximum atomic E-state index is 8.06. The average molecular weight is 231 g/mol. The molecule has 0 unspecified atom stereocenters. The molecule has 3 N–H and O–H groups in total. The van der Waals surface area contributed by atoms with Gasteiger partial charge in [0.05, 0.1) is 6.54 Å². The molecule has 0 fully saturated rings. The molecule has 0 radical (unpaired) electrons. The smallest absolute Gasteiger partial charge is 0.168 e. The van der Waals surface area contributed by atoms with Crippen LogP contribution in [0.15, 0.2) is 29.4 Å². The van der Waals surface area contributed by atoms with Gasteiger partial charge in [-0.15, -0.1) is 0 Å². The van der Waals surface area contributed by atoms with E-state index in [4.69, 9.17) is 23.5 Å². The lowest BCUT2D eigenvalue weighted by atomic mass is 10.2. The normalized spacial score (nSPS) is 8.25. The zero-order valence-electron chi connectivity index (χ0n) is 8.34. The second kappa shape index (κ2) is 6.30. The number of rotatable bonds is 2. The lowest BCUT2D eigenvalue weighted by Crippen LogP contribution is -2.18. The molecule has 0 heterocycles. The summed E-state index contributed by atoms with van der Waals surface area (Å²) in [6, 6.07) is 7.31. The highest BCUT2D eigenvalue weighted by Gasteiger charge is 1.93. The molecule has 1 aromatic rings. The van der Waals surface area contributed by atoms with Gasteiger partial charge >= 0.3 is 0 Å². The van der Waals surface area contributed by atoms with E-state index in [9.17, 15) is 0 Å². The first-order valence-electron chi connectivity index (χ1n) is 4.38. The molecule has 1 aromatic carbocycles. The molecule has 0 amide bonds. The van der Waals surface area contributed by atoms with Gasteiger partial charge in [0.25, 0.3) is 0 Å². The summed E-state index contributed by atoms with van der Waals surface area (Å²) in [7, 11) is 0. The summed E-state index contributed by atoms with van der Waals surface area (Å²) >= 11 is 4.72. The van der Waals surface area contributed by atoms with Crippen molar-refractivity contribution in [1.82, 2.24) is 0 Å². The Morgan fingerprint density at radius 3 is 3.12 bits per heavy atom. The van der Waals surface area contributed by atoms with Crippen molar-refractivity contribution < 1.29 is 0 Å². The van der Waals surface area contributed by atoms with Crippen molar-refractivity contribution in [3.05, 3.63) is 40.3 Å². The molecular weight excluding hydrogens is 222 g/mol. The quantitative estimate of drug-likeness (QED) is 0.268. The summed E-state index contributed by atoms with van der Waals surface area (Å²) in [4.78, 5) is 2.60. The van der Waals surface area contributed by atoms with E-state index in [-0.39, 0.29) is 11.7 Å². The van der Waals surface area contributed by atoms with Crippen LogP contribution < -0.4 is 11.1 Å². The van der Waals surface area contributed by atoms with Gasteiger partial charge in [-0.25, -0.2) is 0 Å². The highest BCUT2D eigenvalue weighted by molar-refractivity contribution is 7.80. The molecule has 0 aliphatic heterocycles. The third-order valence-corrected chi connectivity index (χ3v) is 1.68. The van der Waals surface area contributed by atoms with E-state index in [1.807, 2.05) is 24.3 Å². The Bertz CT molecular complexity index is 493. The number of thiocarbonyl (C=S) groups is 1. The Hall–Kier alpha value is -2.22. The van der Waals surface area contributed by atoms with Crippen LogP contribution in [-0.2, 0) is 0 Å². The minimum absolute atomic E-state index is 0.156. The first-order chi connectivity index (χ1) is 7.72. The van der Waals surface area contributed by atoms with Crippen LogP contribution in [0, 0.1) is 11.8 Å². The summed E-state index contributed by atoms with van der Waals surface area (Å²) in [5.74, 6) is 5.57. The first kappa shape index (κ1) is 11.9. The van der Waals surface area contributed by atoms with Crippen molar-refractivity contribution in [2.24, 2.45) is 10.8 Å². The van der Waals surface area contributed by atoms with Crippen molar-refractivity contribution in [3.63, 3.8) is 0 Å². The SMILES string of the molecule is [N-]=[N+]=NCC#Cc1cccc(NC(N)=S)c1. The number of nitrogens with zero attached hydrogens (tertiary/aromatic N) is 3. The summed E-state index contributed by atoms with van der Waals surface area (Å²) in [6.07, 6.45) is 0. The number of nitrogens with two attached hydrogens (primary N) is 1. The number of hydrogen-bond donors (Lipinski definition) is 2. The molecule has 1 rings (SSSR count). The van der Waals surface area contributed by atoms with Crippen LogP contribution in [0.5, 0.6) is 0 Å². The number of azide groups is 1. The van der Waals surface area contributed by atoms with Gasteiger partial charge in [-0.3, -0.25) is 0 Å². The lowest BCUT2D eigenvalue weighted by molar-refractivity contribution is 1.25. The molecule has 80 valence electrons. The maximum absolute atomic E-state index is 8.06. The van der Waals surface area contributed by atoms with Crippen LogP contribution >= 0.6 is 12.2 Å². The summed E-state index contributed by atoms with van der Waals surface area (Å²) in [5.41, 5.74) is 15.0. The van der Waals surface area contributed by atoms with Crippen LogP contribution in [0.3, 0.4) is 0 Å². The molecule has 0 spiro atoms. The van der Waals surface area contributed by atoms with Gasteiger partial charge in [-0.2, -0.15) is 0 Å². The van der Waals surface area contributed by atoms with E-state index < -0.39 is 0 Å². The van der Waals surface area contributed by atoms with E-state index in [1.54, 1.807) is 0 Å². The molecule has 5 nitrogen and oxygen atoms in total. The molecule has 0 aliphatic carbocycles. The highest BCUT2D eigenvalue weighted by Crippen LogP contribution is 2.09. The van der Waals surface area contributed by atoms with Crippen molar-refractivity contribution in [2.75, 3.05) is 11.9 Å². The van der Waals surface area contributed by atoms with Gasteiger partial charge in [0.1, 0.15) is 0 Å². The average Bonchev–Trinajstić information content (AvgIpc) is 2.24. The summed E-state index contributed by atoms with van der Waals surface area (Å²) in [6.45, 7) is 0.156. The third kappa shape index (κ3) is 4.33. The molecular formula is C10H9N5S. The maximum Gasteiger partial charge on any atom is 0.168 e. The van der Waals surface area contributed by atoms with Crippen LogP contribution in [0.25, 0.3) is 10.4 Å². The fraction of sp³-hybridized carbons (Fsp3) is 0.100. The van der Waals surface area contributed by atoms with Crippen LogP contribution in [-0.4, -0.2) is 11.7 Å². The molecule has 16 heavy (non-hydrogen) atoms. The Morgan fingerprint density at radius 1 is 1.62 bits per heavy atom. The van der Waals surface area contributed by atoms with Crippen LogP contribution in [0.2, 0.25) is 0 Å². The molecule has 0 aliphatic rings. The Labute approximate surface area is 98.3 Å². The first-order valence-corrected chi connectivity index (χ1v) is 4.79. The van der Waals surface area contributed by atoms with Gasteiger partial charge < -0.3 is 11.1 Å². The van der Waals surface area contributed by atoms with E-state index >= 15 is 0 Å². The fourth-order valence-corrected chi connectivity index (χ4v) is 1.14. The van der Waals surface area contributed by atoms with Gasteiger partial charge in [0, 0.05) is 16.2 Å². The number of nitrogens with one attached hydrogen (secondary N) is 1. The largest absolute Gasteiger partial charge is 0.376 e. The topological polar surface area (TPSA) is 86.8 Å². The number of anilines is 1. The minimum Gasteiger partial charge on any atom is -0.376 e. The standard InChI is InChI=1S/C10H9N5S/c11-10(16)14-9-5-1-3-8(7-9)4-2-6-13-15-12/h1,3,5,7H,6H2,(H3,11,14,16). The van der Waals surface area contributed by atoms with E-state index in [2.05, 4.69) is 27.2 Å². The van der Waals surface area contributed by atoms with Gasteiger partial charge in [-0.05, 0) is 35.9 Å². The van der Waals surface area contributed by atoms with Gasteiger partial charge in [0.2, 0.25) is 0 Å². The van der Waals surface area contributed by atoms with E-state index in [0.717, 1.165) is 11.3 Å². The number of benzene rings is 1. The molecule has 0 saturated carbocycles. The highest BCUT2D eigenvalue weighted by atomic mass is 32.1. The zero-order chi connectivity index (χ0) is 11.8. The third-order valence-electron chi connectivity index (χ3n) is 1.58. The Morgan fingerprint density at radius 2 is 2.44 bits per heavy atom. The predicted octanol–water partition coefficient (Wildman–Crippen LogP) is 2.00. The molecule has 0 aromatic heterocycles. The molecule has 0 bridgehead atoms. The van der Waals surface area contributed by atoms with Crippen LogP contribution in [0.1, 0.15) is 5.56 Å². The molecule has 0 saturated heterocycles. The monoisotopic (exact) mass is 231 g/mol. The predicted molar refractivity (Wildman–Crippen MR) is 67.7 cm³/mol. The second-order valence-corrected chi connectivity index (χ2v) is 3.20. The van der Waals surface area contributed by atoms with Gasteiger partial charge in [0.15, 0.2) is 5.11 Å². The summed E-state index contributed by atoms with van der Waals surface area (Å²) in [5, 5.41) is 6.32. The van der Waals surface area contributed by atoms with Crippen molar-refractivity contribution in [1.29, 1.82) is 0 Å². The zero-order valence-corrected chi connectivity index (χ0v) is 9.16. The van der Waals surface area contributed by atoms with Crippen LogP contribution in [0.4, 0.5) is 5.69 Å². The van der Waals surface area contributed by atoms with E-state index in [0.29, 0.717) is 0 Å². The molecule has 0 atom stereocenters. The fourth-order valence-electron chi connectivity index (χ4n) is 1.03. The second-order valence-electron chi connectivity index (χ2n) is 2.76. The minimum atomic E-state index is 0.156. The summed E-state index contributed by atoms with van der Waals surface area (Å²) < 4.78 is 0. The van der Waals surface area contributed by atoms with Gasteiger partial charge in [-0.1, -0.05) is 23.0 Å². The van der Waals surface area contributed by atoms with E-state index in [1.165, 1.54) is 0 Å². The Kier molecular flexibility index (Phi) is 4.67.